The largest absolute Gasteiger partial charge is 0.394 e. The summed E-state index contributed by atoms with van der Waals surface area (Å²) in [6, 6.07) is -1.98. The van der Waals surface area contributed by atoms with E-state index in [9.17, 15) is 112 Å². The summed E-state index contributed by atoms with van der Waals surface area (Å²) in [6.07, 6.45) is -64.6. The number of hydrogen-bond donors (Lipinski definition) is 21. The van der Waals surface area contributed by atoms with E-state index in [4.69, 9.17) is 56.8 Å². The molecule has 454 valence electrons. The van der Waals surface area contributed by atoms with E-state index in [1.807, 2.05) is 0 Å². The highest BCUT2D eigenvalue weighted by atomic mass is 16.8. The van der Waals surface area contributed by atoms with Crippen molar-refractivity contribution in [1.29, 1.82) is 0 Å². The van der Waals surface area contributed by atoms with Gasteiger partial charge in [-0.3, -0.25) is 4.79 Å². The summed E-state index contributed by atoms with van der Waals surface area (Å²) in [6.45, 7) is -3.88. The molecule has 0 aliphatic carbocycles. The van der Waals surface area contributed by atoms with Crippen LogP contribution in [-0.2, 0) is 66.4 Å². The van der Waals surface area contributed by atoms with E-state index < -0.39 is 248 Å². The van der Waals surface area contributed by atoms with Crippen molar-refractivity contribution in [3.63, 3.8) is 0 Å². The Kier molecular flexibility index (Phi) is 23.7. The number of carbonyl (C=O) groups excluding carboxylic acids is 2. The second-order valence-corrected chi connectivity index (χ2v) is 19.5. The average molecular weight is 1150 g/mol. The van der Waals surface area contributed by atoms with Crippen LogP contribution in [0.3, 0.4) is 0 Å². The molecule has 78 heavy (non-hydrogen) atoms. The SMILES string of the molecule is CC(=O)N[C@H]1[C@H](OC(C(O)CO)C(O[C@@H]2O[C@@H](C)[C@@H](O)[C@@H](O)[C@@H]2O)C(O)C=O)O[C@H](CO)[C@@H](O[C@@H]2O[C@H](CO[C@H]3O[C@H](CO)[C@@H](O)[C@H](O)[C@@H]3O)[C@@H](O)[C@H](O[C@H]3O[C@H](CO)[C@@H](O)[C@H](O)[C@@H]3O)[C@@H]2O[C@@H]2OC[C@@H](O)[C@H](O)[C@H]2O)[C@@H]1O. The second kappa shape index (κ2) is 28.4. The Morgan fingerprint density at radius 3 is 1.60 bits per heavy atom. The minimum atomic E-state index is -2.34. The molecule has 6 aliphatic rings. The van der Waals surface area contributed by atoms with Gasteiger partial charge in [-0.2, -0.15) is 0 Å². The van der Waals surface area contributed by atoms with Gasteiger partial charge in [0.15, 0.2) is 44.0 Å². The molecule has 33 atom stereocenters. The smallest absolute Gasteiger partial charge is 0.217 e. The van der Waals surface area contributed by atoms with Gasteiger partial charge in [0.2, 0.25) is 5.91 Å². The lowest BCUT2D eigenvalue weighted by molar-refractivity contribution is -0.403. The van der Waals surface area contributed by atoms with Crippen molar-refractivity contribution in [2.24, 2.45) is 0 Å². The number of carbonyl (C=O) groups is 2. The first-order valence-corrected chi connectivity index (χ1v) is 24.7. The fourth-order valence-corrected chi connectivity index (χ4v) is 9.47. The number of nitrogens with one attached hydrogen (secondary N) is 1. The maximum atomic E-state index is 12.8. The average Bonchev–Trinajstić information content (AvgIpc) is 3.46. The summed E-state index contributed by atoms with van der Waals surface area (Å²) < 4.78 is 69.3. The molecular weight excluding hydrogens is 1070 g/mol. The Balaban J connectivity index is 1.38. The summed E-state index contributed by atoms with van der Waals surface area (Å²) >= 11 is 0. The Morgan fingerprint density at radius 1 is 0.526 bits per heavy atom. The van der Waals surface area contributed by atoms with E-state index in [2.05, 4.69) is 5.32 Å². The van der Waals surface area contributed by atoms with Gasteiger partial charge in [0, 0.05) is 6.92 Å². The van der Waals surface area contributed by atoms with Gasteiger partial charge in [-0.25, -0.2) is 0 Å². The van der Waals surface area contributed by atoms with Crippen LogP contribution >= 0.6 is 0 Å². The zero-order valence-corrected chi connectivity index (χ0v) is 41.5. The van der Waals surface area contributed by atoms with E-state index in [1.54, 1.807) is 0 Å². The van der Waals surface area contributed by atoms with Crippen LogP contribution in [0.5, 0.6) is 0 Å². The van der Waals surface area contributed by atoms with Crippen LogP contribution in [-0.4, -0.2) is 356 Å². The molecule has 1 amide bonds. The monoisotopic (exact) mass is 1150 g/mol. The number of aliphatic hydroxyl groups excluding tert-OH is 20. The molecule has 6 aliphatic heterocycles. The first kappa shape index (κ1) is 65.0. The number of ether oxygens (including phenoxy) is 12. The predicted molar refractivity (Wildman–Crippen MR) is 237 cm³/mol. The molecule has 35 nitrogen and oxygen atoms in total. The lowest BCUT2D eigenvalue weighted by Gasteiger charge is -2.51. The highest BCUT2D eigenvalue weighted by Crippen LogP contribution is 2.37. The molecular formula is C43H73NO34. The van der Waals surface area contributed by atoms with Crippen LogP contribution in [0.25, 0.3) is 0 Å². The lowest BCUT2D eigenvalue weighted by Crippen LogP contribution is -2.70. The first-order valence-electron chi connectivity index (χ1n) is 24.7. The van der Waals surface area contributed by atoms with Gasteiger partial charge in [-0.05, 0) is 6.92 Å². The van der Waals surface area contributed by atoms with E-state index in [-0.39, 0.29) is 6.29 Å². The molecule has 0 aromatic carbocycles. The number of hydrogen-bond acceptors (Lipinski definition) is 34. The van der Waals surface area contributed by atoms with Crippen molar-refractivity contribution in [3.05, 3.63) is 0 Å². The van der Waals surface area contributed by atoms with Gasteiger partial charge in [0.25, 0.3) is 0 Å². The first-order chi connectivity index (χ1) is 36.8. The van der Waals surface area contributed by atoms with E-state index in [1.165, 1.54) is 6.92 Å². The van der Waals surface area contributed by atoms with E-state index in [0.717, 1.165) is 6.92 Å². The molecule has 21 N–H and O–H groups in total. The van der Waals surface area contributed by atoms with Crippen molar-refractivity contribution in [2.45, 2.75) is 216 Å². The Morgan fingerprint density at radius 2 is 1.03 bits per heavy atom. The highest BCUT2D eigenvalue weighted by molar-refractivity contribution is 5.73. The van der Waals surface area contributed by atoms with Gasteiger partial charge < -0.3 is 169 Å². The summed E-state index contributed by atoms with van der Waals surface area (Å²) in [5.41, 5.74) is 0. The molecule has 0 spiro atoms. The van der Waals surface area contributed by atoms with Crippen LogP contribution in [0.1, 0.15) is 13.8 Å². The topological polar surface area (TPSA) is 562 Å². The molecule has 0 aromatic rings. The normalized spacial score (nSPS) is 48.1. The Hall–Kier alpha value is -2.14. The minimum Gasteiger partial charge on any atom is -0.394 e. The third kappa shape index (κ3) is 14.3. The number of aldehydes is 1. The van der Waals surface area contributed by atoms with Gasteiger partial charge >= 0.3 is 0 Å². The van der Waals surface area contributed by atoms with Gasteiger partial charge in [-0.15, -0.1) is 0 Å². The van der Waals surface area contributed by atoms with E-state index >= 15 is 0 Å². The summed E-state index contributed by atoms with van der Waals surface area (Å²) in [5, 5.41) is 216. The Bertz CT molecular complexity index is 1850. The van der Waals surface area contributed by atoms with Crippen molar-refractivity contribution in [3.8, 4) is 0 Å². The van der Waals surface area contributed by atoms with Gasteiger partial charge in [-0.1, -0.05) is 0 Å². The second-order valence-electron chi connectivity index (χ2n) is 19.5. The van der Waals surface area contributed by atoms with Crippen molar-refractivity contribution >= 4 is 12.2 Å². The van der Waals surface area contributed by atoms with Crippen LogP contribution in [0, 0.1) is 0 Å². The van der Waals surface area contributed by atoms with Crippen molar-refractivity contribution < 1.29 is 169 Å². The van der Waals surface area contributed by atoms with Crippen LogP contribution in [0.15, 0.2) is 0 Å². The number of rotatable bonds is 22. The summed E-state index contributed by atoms with van der Waals surface area (Å²) in [5.74, 6) is -0.960. The summed E-state index contributed by atoms with van der Waals surface area (Å²) in [7, 11) is 0. The standard InChI is InChI=1S/C43H73NO34/c1-10-20(54)26(60)31(65)41(69-10)75-34(13(52)4-46)33(12(51)3-45)74-38-19(44-11(2)50)25(59)35(17(7-49)72-38)76-43-37(78-40-29(63)21(55)14(53)8-67-40)36(77-42-32(66)28(62)23(57)16(6-48)71-42)24(58)18(73-43)9-68-39-30(64)27(61)22(56)15(5-47)70-39/h4,10,12-43,45,47-49,51-66H,3,5-9H2,1-2H3,(H,44,50)/t10-,12?,13?,14+,15+,16+,17+,18+,19+,20+,21-,22+,23+,24+,25+,26+,27-,28-,29+,30-,31-,32-,33?,34?,35+,36-,37-,38-,39-,40-,41-,42+,43-/m0/s1. The molecule has 6 rings (SSSR count). The number of aliphatic hydroxyl groups is 20. The summed E-state index contributed by atoms with van der Waals surface area (Å²) in [4.78, 5) is 24.9. The van der Waals surface area contributed by atoms with Gasteiger partial charge in [0.05, 0.1) is 45.7 Å². The molecule has 6 heterocycles. The Labute approximate surface area is 441 Å². The van der Waals surface area contributed by atoms with Gasteiger partial charge in [0.1, 0.15) is 159 Å². The molecule has 0 aromatic heterocycles. The molecule has 0 bridgehead atoms. The molecule has 0 radical (unpaired) electrons. The zero-order valence-electron chi connectivity index (χ0n) is 41.5. The fourth-order valence-electron chi connectivity index (χ4n) is 9.47. The maximum Gasteiger partial charge on any atom is 0.217 e. The minimum absolute atomic E-state index is 0.131. The number of amides is 1. The quantitative estimate of drug-likeness (QED) is 0.0448. The van der Waals surface area contributed by atoms with Crippen molar-refractivity contribution in [2.75, 3.05) is 39.6 Å². The third-order valence-electron chi connectivity index (χ3n) is 14.0. The van der Waals surface area contributed by atoms with Crippen molar-refractivity contribution in [1.82, 2.24) is 5.32 Å². The molecule has 0 saturated carbocycles. The highest BCUT2D eigenvalue weighted by Gasteiger charge is 2.58. The molecule has 4 unspecified atom stereocenters. The molecule has 6 saturated heterocycles. The zero-order chi connectivity index (χ0) is 57.8. The van der Waals surface area contributed by atoms with Crippen LogP contribution in [0.4, 0.5) is 0 Å². The molecule has 6 fully saturated rings. The predicted octanol–water partition coefficient (Wildman–Crippen LogP) is -14.6. The van der Waals surface area contributed by atoms with Crippen LogP contribution in [0.2, 0.25) is 0 Å². The van der Waals surface area contributed by atoms with E-state index in [0.29, 0.717) is 0 Å². The third-order valence-corrected chi connectivity index (χ3v) is 14.0. The fraction of sp³-hybridized carbons (Fsp3) is 0.953. The maximum absolute atomic E-state index is 12.8. The molecule has 35 heteroatoms. The van der Waals surface area contributed by atoms with Crippen LogP contribution < -0.4 is 5.32 Å². The lowest BCUT2D eigenvalue weighted by atomic mass is 9.94.